The van der Waals surface area contributed by atoms with Gasteiger partial charge in [-0.2, -0.15) is 0 Å². The number of hydrogen-bond acceptors (Lipinski definition) is 5. The fourth-order valence-electron chi connectivity index (χ4n) is 2.72. The zero-order valence-corrected chi connectivity index (χ0v) is 14.3. The number of ether oxygens (including phenoxy) is 1. The molecule has 0 aliphatic carbocycles. The topological polar surface area (TPSA) is 68.6 Å². The number of hydrogen-bond donors (Lipinski definition) is 0. The molecule has 1 aromatic heterocycles. The molecule has 0 unspecified atom stereocenters. The number of rotatable bonds is 3. The molecule has 1 aromatic carbocycles. The molecule has 2 amide bonds. The first-order chi connectivity index (χ1) is 11.4. The van der Waals surface area contributed by atoms with Gasteiger partial charge >= 0.3 is 5.97 Å². The first-order valence-electron chi connectivity index (χ1n) is 7.33. The summed E-state index contributed by atoms with van der Waals surface area (Å²) in [4.78, 5) is 37.5. The van der Waals surface area contributed by atoms with Crippen LogP contribution in [0, 0.1) is 0 Å². The molecule has 2 aromatic rings. The van der Waals surface area contributed by atoms with Crippen molar-refractivity contribution in [3.63, 3.8) is 0 Å². The van der Waals surface area contributed by atoms with E-state index in [2.05, 4.69) is 4.74 Å². The van der Waals surface area contributed by atoms with Crippen LogP contribution in [0.15, 0.2) is 35.4 Å². The van der Waals surface area contributed by atoms with Gasteiger partial charge in [-0.25, -0.2) is 4.79 Å². The van der Waals surface area contributed by atoms with Crippen LogP contribution in [0.4, 0.5) is 4.79 Å². The number of nitrogens with zero attached hydrogens (tertiary/aromatic N) is 2. The molecule has 0 saturated carbocycles. The quantitative estimate of drug-likeness (QED) is 0.633. The van der Waals surface area contributed by atoms with E-state index in [0.717, 1.165) is 33.1 Å². The van der Waals surface area contributed by atoms with E-state index in [0.29, 0.717) is 4.91 Å². The number of imide groups is 1. The maximum Gasteiger partial charge on any atom is 0.328 e. The molecule has 0 spiro atoms. The Morgan fingerprint density at radius 2 is 2.00 bits per heavy atom. The number of carbonyl (C=O) groups excluding carboxylic acids is 3. The van der Waals surface area contributed by atoms with E-state index in [4.69, 9.17) is 0 Å². The first kappa shape index (κ1) is 16.3. The van der Waals surface area contributed by atoms with Crippen molar-refractivity contribution in [2.24, 2.45) is 7.05 Å². The number of para-hydroxylation sites is 1. The van der Waals surface area contributed by atoms with Gasteiger partial charge in [-0.15, -0.1) is 0 Å². The van der Waals surface area contributed by atoms with Crippen LogP contribution in [0.2, 0.25) is 0 Å². The minimum absolute atomic E-state index is 0.298. The highest BCUT2D eigenvalue weighted by Gasteiger charge is 2.41. The minimum atomic E-state index is -0.944. The molecule has 124 valence electrons. The predicted molar refractivity (Wildman–Crippen MR) is 92.2 cm³/mol. The van der Waals surface area contributed by atoms with Crippen molar-refractivity contribution in [2.75, 3.05) is 7.11 Å². The van der Waals surface area contributed by atoms with Gasteiger partial charge in [0, 0.05) is 29.7 Å². The van der Waals surface area contributed by atoms with Crippen molar-refractivity contribution in [1.82, 2.24) is 9.47 Å². The van der Waals surface area contributed by atoms with Crippen LogP contribution >= 0.6 is 11.8 Å². The maximum absolute atomic E-state index is 12.5. The number of thioether (sulfide) groups is 1. The van der Waals surface area contributed by atoms with Crippen molar-refractivity contribution < 1.29 is 19.1 Å². The third-order valence-electron chi connectivity index (χ3n) is 3.97. The molecule has 3 rings (SSSR count). The molecule has 1 saturated heterocycles. The van der Waals surface area contributed by atoms with E-state index >= 15 is 0 Å². The van der Waals surface area contributed by atoms with E-state index in [1.165, 1.54) is 14.0 Å². The lowest BCUT2D eigenvalue weighted by Crippen LogP contribution is -2.42. The van der Waals surface area contributed by atoms with Gasteiger partial charge in [0.15, 0.2) is 0 Å². The Morgan fingerprint density at radius 3 is 2.71 bits per heavy atom. The van der Waals surface area contributed by atoms with Crippen LogP contribution in [0.5, 0.6) is 0 Å². The van der Waals surface area contributed by atoms with Crippen LogP contribution in [-0.4, -0.2) is 39.7 Å². The average molecular weight is 344 g/mol. The molecule has 1 aliphatic rings. The monoisotopic (exact) mass is 344 g/mol. The van der Waals surface area contributed by atoms with Gasteiger partial charge in [-0.1, -0.05) is 18.2 Å². The van der Waals surface area contributed by atoms with Crippen LogP contribution < -0.4 is 0 Å². The molecule has 1 atom stereocenters. The first-order valence-corrected chi connectivity index (χ1v) is 8.14. The molecular formula is C17H16N2O4S. The van der Waals surface area contributed by atoms with Crippen molar-refractivity contribution in [2.45, 2.75) is 13.0 Å². The molecule has 24 heavy (non-hydrogen) atoms. The summed E-state index contributed by atoms with van der Waals surface area (Å²) in [5.74, 6) is -1.10. The highest BCUT2D eigenvalue weighted by atomic mass is 32.2. The zero-order valence-electron chi connectivity index (χ0n) is 13.5. The Balaban J connectivity index is 1.98. The van der Waals surface area contributed by atoms with Gasteiger partial charge in [-0.05, 0) is 30.8 Å². The molecule has 2 heterocycles. The highest BCUT2D eigenvalue weighted by molar-refractivity contribution is 8.18. The number of fused-ring (bicyclic) bond motifs is 1. The van der Waals surface area contributed by atoms with Crippen molar-refractivity contribution in [3.8, 4) is 0 Å². The van der Waals surface area contributed by atoms with E-state index in [-0.39, 0.29) is 0 Å². The summed E-state index contributed by atoms with van der Waals surface area (Å²) in [7, 11) is 3.15. The summed E-state index contributed by atoms with van der Waals surface area (Å²) < 4.78 is 6.58. The number of amides is 2. The Hall–Kier alpha value is -2.54. The lowest BCUT2D eigenvalue weighted by atomic mass is 10.1. The van der Waals surface area contributed by atoms with E-state index < -0.39 is 23.2 Å². The van der Waals surface area contributed by atoms with Gasteiger partial charge < -0.3 is 9.30 Å². The third-order valence-corrected chi connectivity index (χ3v) is 4.85. The molecule has 1 fully saturated rings. The summed E-state index contributed by atoms with van der Waals surface area (Å²) in [6.07, 6.45) is 3.60. The summed E-state index contributed by atoms with van der Waals surface area (Å²) in [5.41, 5.74) is 1.88. The molecule has 0 N–H and O–H groups in total. The lowest BCUT2D eigenvalue weighted by molar-refractivity contribution is -0.148. The van der Waals surface area contributed by atoms with Crippen LogP contribution in [0.25, 0.3) is 17.0 Å². The standard InChI is InChI=1S/C17H16N2O4S/c1-10(16(21)23-3)19-15(20)14(24-17(19)22)8-11-9-18(2)13-7-5-4-6-12(11)13/h4-10H,1-3H3/b14-8+/t10-/m1/s1. The molecule has 6 nitrogen and oxygen atoms in total. The summed E-state index contributed by atoms with van der Waals surface area (Å²) in [5, 5.41) is 0.525. The van der Waals surface area contributed by atoms with Crippen molar-refractivity contribution in [1.29, 1.82) is 0 Å². The smallest absolute Gasteiger partial charge is 0.328 e. The number of carbonyl (C=O) groups is 3. The number of aromatic nitrogens is 1. The largest absolute Gasteiger partial charge is 0.467 e. The van der Waals surface area contributed by atoms with Gasteiger partial charge in [0.25, 0.3) is 11.1 Å². The van der Waals surface area contributed by atoms with Crippen molar-refractivity contribution >= 4 is 45.9 Å². The molecule has 7 heteroatoms. The summed E-state index contributed by atoms with van der Waals surface area (Å²) in [6, 6.07) is 6.86. The van der Waals surface area contributed by atoms with Gasteiger partial charge in [0.2, 0.25) is 0 Å². The summed E-state index contributed by atoms with van der Waals surface area (Å²) in [6.45, 7) is 1.48. The number of methoxy groups -OCH3 is 1. The Bertz CT molecular complexity index is 884. The second-order valence-corrected chi connectivity index (χ2v) is 6.46. The second kappa shape index (κ2) is 6.16. The van der Waals surface area contributed by atoms with Crippen LogP contribution in [0.3, 0.4) is 0 Å². The number of aryl methyl sites for hydroxylation is 1. The van der Waals surface area contributed by atoms with Gasteiger partial charge in [-0.3, -0.25) is 14.5 Å². The van der Waals surface area contributed by atoms with Crippen LogP contribution in [-0.2, 0) is 21.4 Å². The van der Waals surface area contributed by atoms with E-state index in [9.17, 15) is 14.4 Å². The fourth-order valence-corrected chi connectivity index (χ4v) is 3.62. The minimum Gasteiger partial charge on any atom is -0.467 e. The number of benzene rings is 1. The summed E-state index contributed by atoms with van der Waals surface area (Å²) >= 11 is 0.832. The molecule has 0 radical (unpaired) electrons. The normalized spacial score (nSPS) is 17.8. The average Bonchev–Trinajstić information content (AvgIpc) is 3.04. The maximum atomic E-state index is 12.5. The molecule has 0 bridgehead atoms. The third kappa shape index (κ3) is 2.60. The Labute approximate surface area is 143 Å². The second-order valence-electron chi connectivity index (χ2n) is 5.46. The molecule has 1 aliphatic heterocycles. The number of esters is 1. The van der Waals surface area contributed by atoms with Gasteiger partial charge in [0.1, 0.15) is 6.04 Å². The highest BCUT2D eigenvalue weighted by Crippen LogP contribution is 2.35. The molecular weight excluding hydrogens is 328 g/mol. The van der Waals surface area contributed by atoms with E-state index in [1.807, 2.05) is 42.1 Å². The SMILES string of the molecule is COC(=O)[C@@H](C)N1C(=O)S/C(=C/c2cn(C)c3ccccc23)C1=O. The lowest BCUT2D eigenvalue weighted by Gasteiger charge is -2.18. The van der Waals surface area contributed by atoms with Crippen LogP contribution in [0.1, 0.15) is 12.5 Å². The Kier molecular flexibility index (Phi) is 4.19. The Morgan fingerprint density at radius 1 is 1.29 bits per heavy atom. The zero-order chi connectivity index (χ0) is 17.4. The van der Waals surface area contributed by atoms with E-state index in [1.54, 1.807) is 6.08 Å². The van der Waals surface area contributed by atoms with Crippen molar-refractivity contribution in [3.05, 3.63) is 40.9 Å². The predicted octanol–water partition coefficient (Wildman–Crippen LogP) is 2.78. The van der Waals surface area contributed by atoms with Gasteiger partial charge in [0.05, 0.1) is 12.0 Å². The fraction of sp³-hybridized carbons (Fsp3) is 0.235.